The Hall–Kier alpha value is -1.55. The van der Waals surface area contributed by atoms with Gasteiger partial charge in [-0.05, 0) is 13.0 Å². The van der Waals surface area contributed by atoms with Crippen molar-refractivity contribution in [3.63, 3.8) is 0 Å². The lowest BCUT2D eigenvalue weighted by atomic mass is 10.2. The SMILES string of the molecule is CCOC(=O)c1cc2nccn2cc1Cl. The highest BCUT2D eigenvalue weighted by Gasteiger charge is 2.12. The molecule has 5 heteroatoms. The van der Waals surface area contributed by atoms with Crippen LogP contribution in [0.25, 0.3) is 5.65 Å². The van der Waals surface area contributed by atoms with Crippen LogP contribution in [-0.4, -0.2) is 22.0 Å². The van der Waals surface area contributed by atoms with Crippen molar-refractivity contribution < 1.29 is 9.53 Å². The largest absolute Gasteiger partial charge is 0.462 e. The number of hydrogen-bond acceptors (Lipinski definition) is 3. The first kappa shape index (κ1) is 9.98. The van der Waals surface area contributed by atoms with E-state index < -0.39 is 5.97 Å². The molecule has 4 nitrogen and oxygen atoms in total. The molecule has 0 aliphatic heterocycles. The molecule has 2 heterocycles. The zero-order valence-corrected chi connectivity index (χ0v) is 8.86. The number of halogens is 1. The standard InChI is InChI=1S/C10H9ClN2O2/c1-2-15-10(14)7-5-9-12-3-4-13(9)6-8(7)11/h3-6H,2H2,1H3. The Kier molecular flexibility index (Phi) is 2.60. The molecule has 0 fully saturated rings. The predicted molar refractivity (Wildman–Crippen MR) is 56.2 cm³/mol. The van der Waals surface area contributed by atoms with E-state index in [2.05, 4.69) is 4.98 Å². The van der Waals surface area contributed by atoms with Crippen LogP contribution in [0.2, 0.25) is 5.02 Å². The fourth-order valence-corrected chi connectivity index (χ4v) is 1.54. The Morgan fingerprint density at radius 1 is 1.67 bits per heavy atom. The molecule has 0 spiro atoms. The molecule has 0 bridgehead atoms. The summed E-state index contributed by atoms with van der Waals surface area (Å²) in [6.45, 7) is 2.08. The molecule has 0 aliphatic rings. The van der Waals surface area contributed by atoms with Crippen molar-refractivity contribution in [1.82, 2.24) is 9.38 Å². The molecule has 15 heavy (non-hydrogen) atoms. The Bertz CT molecular complexity index is 507. The second-order valence-corrected chi connectivity index (χ2v) is 3.36. The van der Waals surface area contributed by atoms with Gasteiger partial charge in [0.25, 0.3) is 0 Å². The van der Waals surface area contributed by atoms with Crippen LogP contribution in [0.5, 0.6) is 0 Å². The van der Waals surface area contributed by atoms with E-state index in [1.807, 2.05) is 0 Å². The molecule has 0 saturated heterocycles. The second-order valence-electron chi connectivity index (χ2n) is 2.95. The summed E-state index contributed by atoms with van der Waals surface area (Å²) >= 11 is 5.94. The van der Waals surface area contributed by atoms with Crippen molar-refractivity contribution in [2.24, 2.45) is 0 Å². The molecule has 0 aromatic carbocycles. The van der Waals surface area contributed by atoms with Crippen LogP contribution < -0.4 is 0 Å². The third-order valence-corrected chi connectivity index (χ3v) is 2.28. The Labute approximate surface area is 91.4 Å². The van der Waals surface area contributed by atoms with E-state index in [0.717, 1.165) is 0 Å². The number of fused-ring (bicyclic) bond motifs is 1. The summed E-state index contributed by atoms with van der Waals surface area (Å²) in [4.78, 5) is 15.5. The maximum atomic E-state index is 11.5. The maximum Gasteiger partial charge on any atom is 0.339 e. The fraction of sp³-hybridized carbons (Fsp3) is 0.200. The molecule has 0 radical (unpaired) electrons. The lowest BCUT2D eigenvalue weighted by Crippen LogP contribution is -2.06. The topological polar surface area (TPSA) is 43.6 Å². The van der Waals surface area contributed by atoms with E-state index in [0.29, 0.717) is 22.8 Å². The normalized spacial score (nSPS) is 10.5. The molecule has 2 rings (SSSR count). The van der Waals surface area contributed by atoms with Gasteiger partial charge in [0.2, 0.25) is 0 Å². The van der Waals surface area contributed by atoms with E-state index in [9.17, 15) is 4.79 Å². The molecule has 78 valence electrons. The first-order valence-electron chi connectivity index (χ1n) is 4.51. The van der Waals surface area contributed by atoms with Crippen molar-refractivity contribution in [3.05, 3.63) is 35.2 Å². The van der Waals surface area contributed by atoms with Crippen molar-refractivity contribution in [1.29, 1.82) is 0 Å². The van der Waals surface area contributed by atoms with Crippen molar-refractivity contribution in [2.45, 2.75) is 6.92 Å². The van der Waals surface area contributed by atoms with E-state index in [-0.39, 0.29) is 0 Å². The van der Waals surface area contributed by atoms with Gasteiger partial charge >= 0.3 is 5.97 Å². The van der Waals surface area contributed by atoms with Gasteiger partial charge in [-0.15, -0.1) is 0 Å². The van der Waals surface area contributed by atoms with Crippen LogP contribution in [0.4, 0.5) is 0 Å². The number of nitrogens with zero attached hydrogens (tertiary/aromatic N) is 2. The van der Waals surface area contributed by atoms with Gasteiger partial charge in [-0.1, -0.05) is 11.6 Å². The van der Waals surface area contributed by atoms with Gasteiger partial charge < -0.3 is 9.14 Å². The first-order valence-corrected chi connectivity index (χ1v) is 4.89. The minimum atomic E-state index is -0.423. The number of carbonyl (C=O) groups excluding carboxylic acids is 1. The molecule has 0 N–H and O–H groups in total. The van der Waals surface area contributed by atoms with Gasteiger partial charge in [0.05, 0.1) is 17.2 Å². The van der Waals surface area contributed by atoms with E-state index >= 15 is 0 Å². The highest BCUT2D eigenvalue weighted by molar-refractivity contribution is 6.33. The van der Waals surface area contributed by atoms with Crippen LogP contribution in [0.3, 0.4) is 0 Å². The molecule has 0 atom stereocenters. The number of ether oxygens (including phenoxy) is 1. The smallest absolute Gasteiger partial charge is 0.339 e. The number of imidazole rings is 1. The minimum absolute atomic E-state index is 0.328. The maximum absolute atomic E-state index is 11.5. The van der Waals surface area contributed by atoms with E-state index in [1.54, 1.807) is 36.0 Å². The molecule has 0 unspecified atom stereocenters. The number of esters is 1. The number of pyridine rings is 1. The summed E-state index contributed by atoms with van der Waals surface area (Å²) in [5, 5.41) is 0.360. The monoisotopic (exact) mass is 224 g/mol. The average Bonchev–Trinajstić information content (AvgIpc) is 2.63. The molecule has 2 aromatic rings. The van der Waals surface area contributed by atoms with Crippen LogP contribution in [-0.2, 0) is 4.74 Å². The van der Waals surface area contributed by atoms with Crippen molar-refractivity contribution >= 4 is 23.2 Å². The summed E-state index contributed by atoms with van der Waals surface area (Å²) in [5.74, 6) is -0.423. The van der Waals surface area contributed by atoms with Crippen LogP contribution in [0, 0.1) is 0 Å². The molecule has 0 amide bonds. The zero-order chi connectivity index (χ0) is 10.8. The van der Waals surface area contributed by atoms with E-state index in [1.165, 1.54) is 0 Å². The average molecular weight is 225 g/mol. The van der Waals surface area contributed by atoms with E-state index in [4.69, 9.17) is 16.3 Å². The predicted octanol–water partition coefficient (Wildman–Crippen LogP) is 2.16. The number of aromatic nitrogens is 2. The fourth-order valence-electron chi connectivity index (χ4n) is 1.30. The van der Waals surface area contributed by atoms with Gasteiger partial charge in [-0.2, -0.15) is 0 Å². The summed E-state index contributed by atoms with van der Waals surface area (Å²) in [6.07, 6.45) is 5.03. The summed E-state index contributed by atoms with van der Waals surface area (Å²) in [5.41, 5.74) is 1.01. The zero-order valence-electron chi connectivity index (χ0n) is 8.11. The Morgan fingerprint density at radius 3 is 3.20 bits per heavy atom. The summed E-state index contributed by atoms with van der Waals surface area (Å²) in [6, 6.07) is 1.61. The Balaban J connectivity index is 2.50. The quantitative estimate of drug-likeness (QED) is 0.735. The highest BCUT2D eigenvalue weighted by Crippen LogP contribution is 2.18. The second kappa shape index (κ2) is 3.90. The lowest BCUT2D eigenvalue weighted by Gasteiger charge is -2.04. The Morgan fingerprint density at radius 2 is 2.47 bits per heavy atom. The third kappa shape index (κ3) is 1.80. The van der Waals surface area contributed by atoms with Crippen LogP contribution in [0.1, 0.15) is 17.3 Å². The summed E-state index contributed by atoms with van der Waals surface area (Å²) in [7, 11) is 0. The van der Waals surface area contributed by atoms with Crippen molar-refractivity contribution in [3.8, 4) is 0 Å². The summed E-state index contributed by atoms with van der Waals surface area (Å²) < 4.78 is 6.61. The lowest BCUT2D eigenvalue weighted by molar-refractivity contribution is 0.0526. The molecule has 0 aliphatic carbocycles. The number of rotatable bonds is 2. The molecule has 2 aromatic heterocycles. The van der Waals surface area contributed by atoms with Gasteiger partial charge in [-0.3, -0.25) is 0 Å². The van der Waals surface area contributed by atoms with Gasteiger partial charge in [0, 0.05) is 18.6 Å². The third-order valence-electron chi connectivity index (χ3n) is 1.98. The molecular weight excluding hydrogens is 216 g/mol. The van der Waals surface area contributed by atoms with Crippen LogP contribution in [0.15, 0.2) is 24.7 Å². The van der Waals surface area contributed by atoms with Gasteiger partial charge in [-0.25, -0.2) is 9.78 Å². The minimum Gasteiger partial charge on any atom is -0.462 e. The number of carbonyl (C=O) groups is 1. The van der Waals surface area contributed by atoms with Crippen molar-refractivity contribution in [2.75, 3.05) is 6.61 Å². The van der Waals surface area contributed by atoms with Gasteiger partial charge in [0.1, 0.15) is 5.65 Å². The van der Waals surface area contributed by atoms with Gasteiger partial charge in [0.15, 0.2) is 0 Å². The number of hydrogen-bond donors (Lipinski definition) is 0. The van der Waals surface area contributed by atoms with Crippen LogP contribution >= 0.6 is 11.6 Å². The molecular formula is C10H9ClN2O2. The first-order chi connectivity index (χ1) is 7.22. The molecule has 0 saturated carbocycles. The highest BCUT2D eigenvalue weighted by atomic mass is 35.5.